The largest absolute Gasteiger partial charge is 0.510 e. The van der Waals surface area contributed by atoms with Crippen molar-refractivity contribution >= 4 is 23.9 Å². The number of carbonyl (C=O) groups is 2. The van der Waals surface area contributed by atoms with Crippen molar-refractivity contribution in [3.05, 3.63) is 23.5 Å². The van der Waals surface area contributed by atoms with Gasteiger partial charge in [0.1, 0.15) is 11.6 Å². The number of aliphatic hydroxyl groups is 1. The number of aliphatic imine (C=N–C) groups is 2. The van der Waals surface area contributed by atoms with Gasteiger partial charge in [-0.25, -0.2) is 9.79 Å². The number of carboxylic acid groups (broad SMARTS) is 1. The van der Waals surface area contributed by atoms with Crippen molar-refractivity contribution in [2.75, 3.05) is 0 Å². The molecule has 0 aliphatic carbocycles. The Bertz CT molecular complexity index is 471. The molecule has 1 amide bonds. The highest BCUT2D eigenvalue weighted by molar-refractivity contribution is 6.22. The van der Waals surface area contributed by atoms with E-state index in [1.807, 2.05) is 0 Å². The number of carboxylic acids is 1. The Balaban J connectivity index is 2.53. The number of hydrogen-bond acceptors (Lipinski definition) is 4. The van der Waals surface area contributed by atoms with E-state index in [1.165, 1.54) is 12.3 Å². The molecule has 2 heterocycles. The van der Waals surface area contributed by atoms with E-state index in [4.69, 9.17) is 5.11 Å². The number of nitrogens with zero attached hydrogens (tertiary/aromatic N) is 2. The Morgan fingerprint density at radius 2 is 2.20 bits per heavy atom. The lowest BCUT2D eigenvalue weighted by Gasteiger charge is -2.19. The standard InChI is InChI=1S/C9H6N2O4/c12-6-4-2-1-3-10-7(4)11-8(13)5(6)9(14)15/h1-4,12H,(H,14,15). The average molecular weight is 206 g/mol. The van der Waals surface area contributed by atoms with Crippen LogP contribution in [0.3, 0.4) is 0 Å². The minimum Gasteiger partial charge on any atom is -0.510 e. The van der Waals surface area contributed by atoms with E-state index in [0.717, 1.165) is 0 Å². The zero-order valence-corrected chi connectivity index (χ0v) is 7.41. The highest BCUT2D eigenvalue weighted by Gasteiger charge is 2.34. The monoisotopic (exact) mass is 206 g/mol. The highest BCUT2D eigenvalue weighted by Crippen LogP contribution is 2.24. The maximum atomic E-state index is 11.2. The quantitative estimate of drug-likeness (QED) is 0.593. The molecule has 0 radical (unpaired) electrons. The lowest BCUT2D eigenvalue weighted by Crippen LogP contribution is -2.28. The van der Waals surface area contributed by atoms with Crippen LogP contribution in [0.15, 0.2) is 33.5 Å². The second kappa shape index (κ2) is 3.16. The highest BCUT2D eigenvalue weighted by atomic mass is 16.4. The third-order valence-corrected chi connectivity index (χ3v) is 2.07. The van der Waals surface area contributed by atoms with Crippen molar-refractivity contribution < 1.29 is 19.8 Å². The summed E-state index contributed by atoms with van der Waals surface area (Å²) in [5.74, 6) is -3.57. The summed E-state index contributed by atoms with van der Waals surface area (Å²) in [6, 6.07) is 0. The van der Waals surface area contributed by atoms with E-state index < -0.39 is 29.1 Å². The summed E-state index contributed by atoms with van der Waals surface area (Å²) in [7, 11) is 0. The third-order valence-electron chi connectivity index (χ3n) is 2.07. The molecule has 0 aromatic rings. The minimum absolute atomic E-state index is 0.116. The zero-order valence-electron chi connectivity index (χ0n) is 7.41. The van der Waals surface area contributed by atoms with Crippen molar-refractivity contribution in [3.63, 3.8) is 0 Å². The van der Waals surface area contributed by atoms with Crippen molar-refractivity contribution in [1.29, 1.82) is 0 Å². The van der Waals surface area contributed by atoms with E-state index in [9.17, 15) is 14.7 Å². The van der Waals surface area contributed by atoms with E-state index in [1.54, 1.807) is 6.08 Å². The van der Waals surface area contributed by atoms with E-state index in [0.29, 0.717) is 0 Å². The molecule has 1 atom stereocenters. The van der Waals surface area contributed by atoms with Crippen LogP contribution in [0.4, 0.5) is 0 Å². The summed E-state index contributed by atoms with van der Waals surface area (Å²) >= 11 is 0. The van der Waals surface area contributed by atoms with Gasteiger partial charge in [0.05, 0.1) is 5.92 Å². The van der Waals surface area contributed by atoms with Crippen molar-refractivity contribution in [3.8, 4) is 0 Å². The number of hydrogen-bond donors (Lipinski definition) is 2. The molecule has 0 saturated heterocycles. The van der Waals surface area contributed by atoms with Crippen LogP contribution in [0.5, 0.6) is 0 Å². The summed E-state index contributed by atoms with van der Waals surface area (Å²) in [6.45, 7) is 0. The van der Waals surface area contributed by atoms with Gasteiger partial charge >= 0.3 is 5.97 Å². The molecule has 76 valence electrons. The van der Waals surface area contributed by atoms with Crippen molar-refractivity contribution in [1.82, 2.24) is 0 Å². The minimum atomic E-state index is -1.48. The van der Waals surface area contributed by atoms with Crippen LogP contribution in [0.2, 0.25) is 0 Å². The van der Waals surface area contributed by atoms with E-state index in [2.05, 4.69) is 9.98 Å². The van der Waals surface area contributed by atoms with Gasteiger partial charge in [0, 0.05) is 6.21 Å². The lowest BCUT2D eigenvalue weighted by atomic mass is 9.96. The predicted molar refractivity (Wildman–Crippen MR) is 50.9 cm³/mol. The van der Waals surface area contributed by atoms with Gasteiger partial charge in [-0.3, -0.25) is 4.79 Å². The van der Waals surface area contributed by atoms with Gasteiger partial charge in [0.15, 0.2) is 5.57 Å². The van der Waals surface area contributed by atoms with Crippen molar-refractivity contribution in [2.45, 2.75) is 0 Å². The normalized spacial score (nSPS) is 23.9. The number of aliphatic hydroxyl groups excluding tert-OH is 1. The summed E-state index contributed by atoms with van der Waals surface area (Å²) in [5, 5.41) is 18.3. The molecule has 0 bridgehead atoms. The molecule has 0 fully saturated rings. The molecule has 1 unspecified atom stereocenters. The number of aliphatic carboxylic acids is 1. The predicted octanol–water partition coefficient (Wildman–Crippen LogP) is 0.0786. The molecule has 6 heteroatoms. The molecule has 2 N–H and O–H groups in total. The molecule has 6 nitrogen and oxygen atoms in total. The smallest absolute Gasteiger partial charge is 0.344 e. The molecule has 2 aliphatic rings. The Labute approximate surface area is 84.0 Å². The van der Waals surface area contributed by atoms with Gasteiger partial charge in [-0.05, 0) is 6.08 Å². The van der Waals surface area contributed by atoms with Gasteiger partial charge in [0.2, 0.25) is 0 Å². The van der Waals surface area contributed by atoms with Crippen LogP contribution in [0.1, 0.15) is 0 Å². The van der Waals surface area contributed by atoms with Gasteiger partial charge in [0.25, 0.3) is 5.91 Å². The number of carbonyl (C=O) groups excluding carboxylic acids is 1. The molecule has 0 aromatic heterocycles. The van der Waals surface area contributed by atoms with Crippen LogP contribution in [-0.4, -0.2) is 34.1 Å². The summed E-state index contributed by atoms with van der Waals surface area (Å²) < 4.78 is 0. The topological polar surface area (TPSA) is 99.3 Å². The summed E-state index contributed by atoms with van der Waals surface area (Å²) in [5.41, 5.74) is -0.689. The Hall–Kier alpha value is -2.24. The maximum absolute atomic E-state index is 11.2. The number of dihydropyridines is 2. The van der Waals surface area contributed by atoms with Crippen LogP contribution in [-0.2, 0) is 9.59 Å². The maximum Gasteiger partial charge on any atom is 0.344 e. The van der Waals surface area contributed by atoms with Gasteiger partial charge < -0.3 is 10.2 Å². The molecule has 15 heavy (non-hydrogen) atoms. The Morgan fingerprint density at radius 3 is 2.87 bits per heavy atom. The first-order valence-electron chi connectivity index (χ1n) is 4.11. The molecule has 0 aromatic carbocycles. The SMILES string of the molecule is O=C(O)C1=C(O)C2C=CC=NC2=NC1=O. The fourth-order valence-electron chi connectivity index (χ4n) is 1.38. The molecule has 0 spiro atoms. The Kier molecular flexibility index (Phi) is 1.96. The van der Waals surface area contributed by atoms with Crippen molar-refractivity contribution in [2.24, 2.45) is 15.9 Å². The Morgan fingerprint density at radius 1 is 1.47 bits per heavy atom. The average Bonchev–Trinajstić information content (AvgIpc) is 2.17. The van der Waals surface area contributed by atoms with Gasteiger partial charge in [-0.15, -0.1) is 0 Å². The number of fused-ring (bicyclic) bond motifs is 1. The second-order valence-electron chi connectivity index (χ2n) is 2.98. The summed E-state index contributed by atoms with van der Waals surface area (Å²) in [4.78, 5) is 29.2. The van der Waals surface area contributed by atoms with Crippen LogP contribution >= 0.6 is 0 Å². The number of allylic oxidation sites excluding steroid dienone is 1. The van der Waals surface area contributed by atoms with Crippen LogP contribution in [0, 0.1) is 5.92 Å². The third kappa shape index (κ3) is 1.35. The zero-order chi connectivity index (χ0) is 11.0. The van der Waals surface area contributed by atoms with Crippen LogP contribution in [0.25, 0.3) is 0 Å². The summed E-state index contributed by atoms with van der Waals surface area (Å²) in [6.07, 6.45) is 4.49. The number of amides is 1. The van der Waals surface area contributed by atoms with Gasteiger partial charge in [-0.1, -0.05) is 6.08 Å². The number of rotatable bonds is 1. The van der Waals surface area contributed by atoms with E-state index >= 15 is 0 Å². The van der Waals surface area contributed by atoms with Gasteiger partial charge in [-0.2, -0.15) is 4.99 Å². The van der Waals surface area contributed by atoms with Crippen LogP contribution < -0.4 is 0 Å². The molecule has 0 saturated carbocycles. The molecular weight excluding hydrogens is 200 g/mol. The fraction of sp³-hybridized carbons (Fsp3) is 0.111. The fourth-order valence-corrected chi connectivity index (χ4v) is 1.38. The molecular formula is C9H6N2O4. The van der Waals surface area contributed by atoms with E-state index in [-0.39, 0.29) is 5.84 Å². The molecule has 2 rings (SSSR count). The molecule has 2 aliphatic heterocycles. The first kappa shape index (κ1) is 9.32. The first-order chi connectivity index (χ1) is 7.11. The lowest BCUT2D eigenvalue weighted by molar-refractivity contribution is -0.134. The number of amidine groups is 1. The first-order valence-corrected chi connectivity index (χ1v) is 4.11. The second-order valence-corrected chi connectivity index (χ2v) is 2.98.